The van der Waals surface area contributed by atoms with Crippen LogP contribution >= 0.6 is 23.2 Å². The Morgan fingerprint density at radius 3 is 2.45 bits per heavy atom. The monoisotopic (exact) mass is 312 g/mol. The maximum atomic E-state index is 12.7. The van der Waals surface area contributed by atoms with E-state index in [4.69, 9.17) is 23.2 Å². The Labute approximate surface area is 129 Å². The highest BCUT2D eigenvalue weighted by Gasteiger charge is 2.41. The summed E-state index contributed by atoms with van der Waals surface area (Å²) in [4.78, 5) is 14.6. The number of benzene rings is 1. The van der Waals surface area contributed by atoms with Gasteiger partial charge in [0.15, 0.2) is 0 Å². The van der Waals surface area contributed by atoms with Crippen LogP contribution < -0.4 is 5.32 Å². The minimum atomic E-state index is -0.0315. The van der Waals surface area contributed by atoms with Crippen molar-refractivity contribution in [2.75, 3.05) is 26.2 Å². The molecule has 5 heteroatoms. The second-order valence-corrected chi connectivity index (χ2v) is 6.64. The molecule has 1 amide bonds. The molecule has 2 heterocycles. The van der Waals surface area contributed by atoms with E-state index in [9.17, 15) is 4.79 Å². The zero-order chi connectivity index (χ0) is 14.2. The van der Waals surface area contributed by atoms with Gasteiger partial charge in [-0.05, 0) is 49.9 Å². The highest BCUT2D eigenvalue weighted by Crippen LogP contribution is 2.39. The average Bonchev–Trinajstić information content (AvgIpc) is 2.83. The predicted molar refractivity (Wildman–Crippen MR) is 81.5 cm³/mol. The van der Waals surface area contributed by atoms with Crippen LogP contribution in [-0.2, 0) is 0 Å². The summed E-state index contributed by atoms with van der Waals surface area (Å²) in [5.41, 5.74) is 0.746. The summed E-state index contributed by atoms with van der Waals surface area (Å²) >= 11 is 12.3. The quantitative estimate of drug-likeness (QED) is 0.863. The Morgan fingerprint density at radius 1 is 1.15 bits per heavy atom. The number of rotatable bonds is 1. The van der Waals surface area contributed by atoms with Gasteiger partial charge in [-0.1, -0.05) is 29.3 Å². The molecule has 0 radical (unpaired) electrons. The smallest absolute Gasteiger partial charge is 0.256 e. The van der Waals surface area contributed by atoms with E-state index >= 15 is 0 Å². The van der Waals surface area contributed by atoms with E-state index in [1.54, 1.807) is 18.2 Å². The summed E-state index contributed by atoms with van der Waals surface area (Å²) in [7, 11) is 0. The van der Waals surface area contributed by atoms with Crippen LogP contribution in [0.3, 0.4) is 0 Å². The fourth-order valence-corrected chi connectivity index (χ4v) is 3.89. The number of piperidine rings is 1. The summed E-state index contributed by atoms with van der Waals surface area (Å²) in [6, 6.07) is 5.20. The lowest BCUT2D eigenvalue weighted by Gasteiger charge is -2.33. The molecule has 20 heavy (non-hydrogen) atoms. The van der Waals surface area contributed by atoms with Crippen LogP contribution in [0.5, 0.6) is 0 Å². The third-order valence-electron chi connectivity index (χ3n) is 4.57. The number of amides is 1. The molecule has 2 aliphatic heterocycles. The Kier molecular flexibility index (Phi) is 3.93. The fourth-order valence-electron chi connectivity index (χ4n) is 3.33. The lowest BCUT2D eigenvalue weighted by atomic mass is 9.78. The highest BCUT2D eigenvalue weighted by molar-refractivity contribution is 6.39. The summed E-state index contributed by atoms with van der Waals surface area (Å²) in [6.45, 7) is 3.74. The second-order valence-electron chi connectivity index (χ2n) is 5.82. The molecule has 3 rings (SSSR count). The summed E-state index contributed by atoms with van der Waals surface area (Å²) in [5.74, 6) is -0.0315. The largest absolute Gasteiger partial charge is 0.338 e. The van der Waals surface area contributed by atoms with Crippen LogP contribution in [0.2, 0.25) is 10.0 Å². The van der Waals surface area contributed by atoms with Crippen molar-refractivity contribution in [2.24, 2.45) is 5.41 Å². The van der Waals surface area contributed by atoms with Crippen molar-refractivity contribution < 1.29 is 4.79 Å². The van der Waals surface area contributed by atoms with Crippen LogP contribution in [0.4, 0.5) is 0 Å². The topological polar surface area (TPSA) is 32.3 Å². The van der Waals surface area contributed by atoms with E-state index < -0.39 is 0 Å². The number of carbonyl (C=O) groups is 1. The van der Waals surface area contributed by atoms with Gasteiger partial charge in [0.05, 0.1) is 15.6 Å². The molecule has 0 aliphatic carbocycles. The van der Waals surface area contributed by atoms with Crippen molar-refractivity contribution >= 4 is 29.1 Å². The normalized spacial score (nSPS) is 21.4. The molecule has 108 valence electrons. The zero-order valence-corrected chi connectivity index (χ0v) is 12.8. The van der Waals surface area contributed by atoms with Crippen molar-refractivity contribution in [1.82, 2.24) is 10.2 Å². The first-order valence-electron chi connectivity index (χ1n) is 7.05. The number of nitrogens with zero attached hydrogens (tertiary/aromatic N) is 1. The van der Waals surface area contributed by atoms with Gasteiger partial charge in [-0.3, -0.25) is 4.79 Å². The molecule has 3 nitrogen and oxygen atoms in total. The molecule has 2 fully saturated rings. The van der Waals surface area contributed by atoms with E-state index in [-0.39, 0.29) is 5.91 Å². The van der Waals surface area contributed by atoms with Crippen molar-refractivity contribution in [1.29, 1.82) is 0 Å². The minimum absolute atomic E-state index is 0.0315. The molecule has 1 spiro atoms. The predicted octanol–water partition coefficient (Wildman–Crippen LogP) is 3.21. The van der Waals surface area contributed by atoms with E-state index in [0.29, 0.717) is 21.0 Å². The van der Waals surface area contributed by atoms with E-state index in [1.165, 1.54) is 0 Å². The highest BCUT2D eigenvalue weighted by atomic mass is 35.5. The third kappa shape index (κ3) is 2.54. The van der Waals surface area contributed by atoms with Gasteiger partial charge in [0.25, 0.3) is 5.91 Å². The lowest BCUT2D eigenvalue weighted by Crippen LogP contribution is -2.39. The lowest BCUT2D eigenvalue weighted by molar-refractivity contribution is 0.0762. The van der Waals surface area contributed by atoms with Gasteiger partial charge in [0.2, 0.25) is 0 Å². The number of likely N-dealkylation sites (tertiary alicyclic amines) is 1. The number of hydrogen-bond donors (Lipinski definition) is 1. The summed E-state index contributed by atoms with van der Waals surface area (Å²) < 4.78 is 0. The van der Waals surface area contributed by atoms with Gasteiger partial charge in [-0.15, -0.1) is 0 Å². The maximum Gasteiger partial charge on any atom is 0.256 e. The molecule has 2 saturated heterocycles. The maximum absolute atomic E-state index is 12.7. The molecule has 0 atom stereocenters. The van der Waals surface area contributed by atoms with E-state index in [2.05, 4.69) is 5.32 Å². The zero-order valence-electron chi connectivity index (χ0n) is 11.3. The Balaban J connectivity index is 1.79. The van der Waals surface area contributed by atoms with Crippen molar-refractivity contribution in [3.05, 3.63) is 33.8 Å². The standard InChI is InChI=1S/C15H18Cl2N2O/c16-11-2-1-3-12(17)13(11)14(20)19-9-6-15(10-19)4-7-18-8-5-15/h1-3,18H,4-10H2. The van der Waals surface area contributed by atoms with Crippen LogP contribution in [0, 0.1) is 5.41 Å². The number of nitrogens with one attached hydrogen (secondary N) is 1. The molecule has 1 N–H and O–H groups in total. The molecular weight excluding hydrogens is 295 g/mol. The Bertz CT molecular complexity index is 506. The molecule has 2 aliphatic rings. The van der Waals surface area contributed by atoms with Gasteiger partial charge in [0, 0.05) is 13.1 Å². The van der Waals surface area contributed by atoms with Crippen molar-refractivity contribution in [3.63, 3.8) is 0 Å². The van der Waals surface area contributed by atoms with E-state index in [0.717, 1.165) is 45.4 Å². The third-order valence-corrected chi connectivity index (χ3v) is 5.20. The first-order chi connectivity index (χ1) is 9.61. The fraction of sp³-hybridized carbons (Fsp3) is 0.533. The Morgan fingerprint density at radius 2 is 1.80 bits per heavy atom. The molecular formula is C15H18Cl2N2O. The van der Waals surface area contributed by atoms with Crippen molar-refractivity contribution in [3.8, 4) is 0 Å². The first kappa shape index (κ1) is 14.2. The van der Waals surface area contributed by atoms with Crippen LogP contribution in [0.25, 0.3) is 0 Å². The van der Waals surface area contributed by atoms with Crippen LogP contribution in [0.15, 0.2) is 18.2 Å². The van der Waals surface area contributed by atoms with Crippen molar-refractivity contribution in [2.45, 2.75) is 19.3 Å². The first-order valence-corrected chi connectivity index (χ1v) is 7.81. The van der Waals surface area contributed by atoms with Gasteiger partial charge in [-0.25, -0.2) is 0 Å². The van der Waals surface area contributed by atoms with E-state index in [1.807, 2.05) is 4.90 Å². The van der Waals surface area contributed by atoms with Gasteiger partial charge in [0.1, 0.15) is 0 Å². The Hall–Kier alpha value is -0.770. The summed E-state index contributed by atoms with van der Waals surface area (Å²) in [5, 5.41) is 4.26. The molecule has 1 aromatic rings. The van der Waals surface area contributed by atoms with Gasteiger partial charge in [-0.2, -0.15) is 0 Å². The van der Waals surface area contributed by atoms with Crippen LogP contribution in [-0.4, -0.2) is 37.0 Å². The van der Waals surface area contributed by atoms with Crippen LogP contribution in [0.1, 0.15) is 29.6 Å². The second kappa shape index (κ2) is 5.55. The average molecular weight is 313 g/mol. The SMILES string of the molecule is O=C(c1c(Cl)cccc1Cl)N1CCC2(CCNCC2)C1. The molecule has 0 bridgehead atoms. The molecule has 0 unspecified atom stereocenters. The van der Waals surface area contributed by atoms with Gasteiger partial charge < -0.3 is 10.2 Å². The number of hydrogen-bond acceptors (Lipinski definition) is 2. The summed E-state index contributed by atoms with van der Waals surface area (Å²) in [6.07, 6.45) is 3.38. The minimum Gasteiger partial charge on any atom is -0.338 e. The number of carbonyl (C=O) groups excluding carboxylic acids is 1. The molecule has 1 aromatic carbocycles. The molecule has 0 saturated carbocycles. The number of halogens is 2. The van der Waals surface area contributed by atoms with Gasteiger partial charge >= 0.3 is 0 Å². The molecule has 0 aromatic heterocycles.